The predicted octanol–water partition coefficient (Wildman–Crippen LogP) is 6.42. The molecule has 2 N–H and O–H groups in total. The molecule has 0 radical (unpaired) electrons. The van der Waals surface area contributed by atoms with Gasteiger partial charge in [-0.3, -0.25) is 0 Å². The summed E-state index contributed by atoms with van der Waals surface area (Å²) in [5.41, 5.74) is 4.27. The number of ether oxygens (including phenoxy) is 1. The number of aromatic nitrogens is 2. The summed E-state index contributed by atoms with van der Waals surface area (Å²) < 4.78 is 5.95. The van der Waals surface area contributed by atoms with Crippen molar-refractivity contribution in [2.45, 2.75) is 19.6 Å². The molecular weight excluding hydrogens is 422 g/mol. The molecule has 0 aliphatic rings. The van der Waals surface area contributed by atoms with Crippen LogP contribution in [0.5, 0.6) is 11.5 Å². The van der Waals surface area contributed by atoms with Gasteiger partial charge in [-0.15, -0.1) is 0 Å². The summed E-state index contributed by atoms with van der Waals surface area (Å²) >= 11 is 0. The first-order chi connectivity index (χ1) is 16.7. The second kappa shape index (κ2) is 9.63. The van der Waals surface area contributed by atoms with Gasteiger partial charge in [0.05, 0.1) is 6.04 Å². The van der Waals surface area contributed by atoms with Gasteiger partial charge < -0.3 is 15.2 Å². The molecule has 0 fully saturated rings. The van der Waals surface area contributed by atoms with Crippen molar-refractivity contribution in [1.29, 1.82) is 0 Å². The Kier molecular flexibility index (Phi) is 6.08. The molecule has 5 nitrogen and oxygen atoms in total. The van der Waals surface area contributed by atoms with E-state index in [-0.39, 0.29) is 11.8 Å². The lowest BCUT2D eigenvalue weighted by atomic mass is 9.96. The van der Waals surface area contributed by atoms with Crippen molar-refractivity contribution < 1.29 is 9.84 Å². The zero-order valence-corrected chi connectivity index (χ0v) is 18.8. The lowest BCUT2D eigenvalue weighted by Crippen LogP contribution is -2.13. The number of fused-ring (bicyclic) bond motifs is 1. The number of benzene rings is 3. The van der Waals surface area contributed by atoms with Crippen LogP contribution in [-0.2, 0) is 6.61 Å². The van der Waals surface area contributed by atoms with E-state index < -0.39 is 0 Å². The van der Waals surface area contributed by atoms with Crippen molar-refractivity contribution >= 4 is 16.7 Å². The Morgan fingerprint density at radius 2 is 1.62 bits per heavy atom. The molecule has 5 aromatic rings. The van der Waals surface area contributed by atoms with Gasteiger partial charge in [-0.1, -0.05) is 66.7 Å². The van der Waals surface area contributed by atoms with E-state index in [1.54, 1.807) is 6.20 Å². The number of rotatable bonds is 7. The van der Waals surface area contributed by atoms with Crippen LogP contribution in [0.4, 0.5) is 5.82 Å². The fourth-order valence-corrected chi connectivity index (χ4v) is 3.95. The third-order valence-electron chi connectivity index (χ3n) is 5.74. The van der Waals surface area contributed by atoms with Crippen LogP contribution in [0, 0.1) is 6.92 Å². The molecule has 0 bridgehead atoms. The van der Waals surface area contributed by atoms with E-state index in [0.29, 0.717) is 17.9 Å². The molecule has 2 heterocycles. The number of hydrogen-bond donors (Lipinski definition) is 2. The fourth-order valence-electron chi connectivity index (χ4n) is 3.95. The van der Waals surface area contributed by atoms with Crippen molar-refractivity contribution in [1.82, 2.24) is 9.97 Å². The maximum Gasteiger partial charge on any atom is 0.147 e. The Morgan fingerprint density at radius 3 is 2.38 bits per heavy atom. The van der Waals surface area contributed by atoms with Gasteiger partial charge in [0.15, 0.2) is 0 Å². The van der Waals surface area contributed by atoms with Crippen molar-refractivity contribution in [3.63, 3.8) is 0 Å². The maximum absolute atomic E-state index is 11.2. The first-order valence-electron chi connectivity index (χ1n) is 11.2. The van der Waals surface area contributed by atoms with E-state index in [9.17, 15) is 5.11 Å². The summed E-state index contributed by atoms with van der Waals surface area (Å²) in [6.45, 7) is 2.43. The topological polar surface area (TPSA) is 67.3 Å². The van der Waals surface area contributed by atoms with Crippen LogP contribution in [0.3, 0.4) is 0 Å². The van der Waals surface area contributed by atoms with Gasteiger partial charge in [0.1, 0.15) is 29.4 Å². The Balaban J connectivity index is 1.48. The molecule has 34 heavy (non-hydrogen) atoms. The van der Waals surface area contributed by atoms with Gasteiger partial charge >= 0.3 is 0 Å². The first kappa shape index (κ1) is 21.5. The van der Waals surface area contributed by atoms with Crippen molar-refractivity contribution in [2.24, 2.45) is 0 Å². The quantitative estimate of drug-likeness (QED) is 0.301. The smallest absolute Gasteiger partial charge is 0.147 e. The van der Waals surface area contributed by atoms with Crippen molar-refractivity contribution in [3.05, 3.63) is 126 Å². The van der Waals surface area contributed by atoms with Gasteiger partial charge in [-0.25, -0.2) is 9.97 Å². The van der Waals surface area contributed by atoms with Crippen LogP contribution in [0.25, 0.3) is 10.9 Å². The predicted molar refractivity (Wildman–Crippen MR) is 135 cm³/mol. The average molecular weight is 448 g/mol. The van der Waals surface area contributed by atoms with Crippen LogP contribution in [0.1, 0.15) is 28.4 Å². The summed E-state index contributed by atoms with van der Waals surface area (Å²) in [4.78, 5) is 9.00. The van der Waals surface area contributed by atoms with Gasteiger partial charge in [-0.05, 0) is 48.4 Å². The number of pyridine rings is 2. The number of phenolic OH excluding ortho intramolecular Hbond substituents is 1. The largest absolute Gasteiger partial charge is 0.505 e. The molecule has 168 valence electrons. The van der Waals surface area contributed by atoms with Crippen molar-refractivity contribution in [3.8, 4) is 11.5 Å². The zero-order chi connectivity index (χ0) is 23.3. The highest BCUT2D eigenvalue weighted by atomic mass is 16.5. The molecule has 1 atom stereocenters. The molecule has 0 spiro atoms. The van der Waals surface area contributed by atoms with E-state index in [4.69, 9.17) is 4.74 Å². The normalized spacial score (nSPS) is 11.8. The highest BCUT2D eigenvalue weighted by Gasteiger charge is 2.20. The van der Waals surface area contributed by atoms with E-state index in [1.165, 1.54) is 0 Å². The number of aromatic hydroxyl groups is 1. The molecule has 0 saturated carbocycles. The molecule has 0 aliphatic carbocycles. The van der Waals surface area contributed by atoms with Crippen LogP contribution >= 0.6 is 0 Å². The lowest BCUT2D eigenvalue weighted by molar-refractivity contribution is 0.306. The number of phenols is 1. The van der Waals surface area contributed by atoms with Crippen LogP contribution < -0.4 is 10.1 Å². The molecule has 0 saturated heterocycles. The molecule has 0 aliphatic heterocycles. The third-order valence-corrected chi connectivity index (χ3v) is 5.74. The van der Waals surface area contributed by atoms with Gasteiger partial charge in [0.2, 0.25) is 0 Å². The zero-order valence-electron chi connectivity index (χ0n) is 18.8. The molecule has 5 rings (SSSR count). The summed E-state index contributed by atoms with van der Waals surface area (Å²) in [6, 6.07) is 31.2. The average Bonchev–Trinajstić information content (AvgIpc) is 2.89. The Morgan fingerprint density at radius 1 is 0.853 bits per heavy atom. The third kappa shape index (κ3) is 4.69. The first-order valence-corrected chi connectivity index (χ1v) is 11.2. The van der Waals surface area contributed by atoms with E-state index >= 15 is 0 Å². The summed E-state index contributed by atoms with van der Waals surface area (Å²) in [7, 11) is 0. The monoisotopic (exact) mass is 447 g/mol. The van der Waals surface area contributed by atoms with E-state index in [1.807, 2.05) is 104 Å². The highest BCUT2D eigenvalue weighted by Crippen LogP contribution is 2.37. The number of nitrogens with one attached hydrogen (secondary N) is 1. The Bertz CT molecular complexity index is 1390. The number of nitrogens with zero attached hydrogens (tertiary/aromatic N) is 2. The fraction of sp³-hybridized carbons (Fsp3) is 0.103. The minimum atomic E-state index is -0.329. The van der Waals surface area contributed by atoms with Crippen LogP contribution in [0.15, 0.2) is 103 Å². The van der Waals surface area contributed by atoms with Crippen LogP contribution in [-0.4, -0.2) is 15.1 Å². The standard InChI is InChI=1S/C29H25N3O2/c1-20-10-11-23-14-17-25(29(33)28(23)31-20)27(32-26-9-5-6-18-30-26)22-12-15-24(16-13-22)34-19-21-7-3-2-4-8-21/h2-18,27,33H,19H2,1H3,(H,30,32)/t27-/m1/s1. The maximum atomic E-state index is 11.2. The minimum Gasteiger partial charge on any atom is -0.505 e. The number of hydrogen-bond acceptors (Lipinski definition) is 5. The molecule has 0 amide bonds. The van der Waals surface area contributed by atoms with E-state index in [2.05, 4.69) is 15.3 Å². The molecule has 5 heteroatoms. The van der Waals surface area contributed by atoms with E-state index in [0.717, 1.165) is 33.5 Å². The second-order valence-electron chi connectivity index (χ2n) is 8.16. The Hall–Kier alpha value is -4.38. The molecule has 3 aromatic carbocycles. The highest BCUT2D eigenvalue weighted by molar-refractivity contribution is 5.86. The summed E-state index contributed by atoms with van der Waals surface area (Å²) in [6.07, 6.45) is 1.74. The van der Waals surface area contributed by atoms with Crippen LogP contribution in [0.2, 0.25) is 0 Å². The Labute approximate surface area is 198 Å². The number of anilines is 1. The molecular formula is C29H25N3O2. The SMILES string of the molecule is Cc1ccc2ccc([C@H](Nc3ccccn3)c3ccc(OCc4ccccc4)cc3)c(O)c2n1. The number of aryl methyl sites for hydroxylation is 1. The molecule has 2 aromatic heterocycles. The lowest BCUT2D eigenvalue weighted by Gasteiger charge is -2.22. The minimum absolute atomic E-state index is 0.166. The molecule has 0 unspecified atom stereocenters. The van der Waals surface area contributed by atoms with Gasteiger partial charge in [0.25, 0.3) is 0 Å². The summed E-state index contributed by atoms with van der Waals surface area (Å²) in [5, 5.41) is 15.6. The van der Waals surface area contributed by atoms with Gasteiger partial charge in [-0.2, -0.15) is 0 Å². The second-order valence-corrected chi connectivity index (χ2v) is 8.16. The van der Waals surface area contributed by atoms with Crippen molar-refractivity contribution in [2.75, 3.05) is 5.32 Å². The van der Waals surface area contributed by atoms with Gasteiger partial charge in [0, 0.05) is 22.8 Å². The summed E-state index contributed by atoms with van der Waals surface area (Å²) in [5.74, 6) is 1.66.